The Morgan fingerprint density at radius 1 is 1.05 bits per heavy atom. The summed E-state index contributed by atoms with van der Waals surface area (Å²) < 4.78 is 22.7. The molecule has 4 nitrogen and oxygen atoms in total. The van der Waals surface area contributed by atoms with Crippen LogP contribution in [-0.2, 0) is 16.4 Å². The maximum Gasteiger partial charge on any atom is 0.251 e. The molecular formula is C15H14ClNO3S. The molecule has 2 rings (SSSR count). The lowest BCUT2D eigenvalue weighted by Gasteiger charge is -2.06. The maximum absolute atomic E-state index is 12.0. The Balaban J connectivity index is 2.02. The van der Waals surface area contributed by atoms with Crippen LogP contribution in [-0.4, -0.2) is 20.6 Å². The van der Waals surface area contributed by atoms with E-state index in [-0.39, 0.29) is 10.8 Å². The van der Waals surface area contributed by atoms with Crippen LogP contribution < -0.4 is 5.32 Å². The number of carbonyl (C=O) groups excluding carboxylic acids is 1. The number of rotatable bonds is 4. The molecule has 2 aromatic rings. The Morgan fingerprint density at radius 3 is 2.14 bits per heavy atom. The average molecular weight is 324 g/mol. The molecule has 1 N–H and O–H groups in total. The van der Waals surface area contributed by atoms with Gasteiger partial charge < -0.3 is 5.32 Å². The van der Waals surface area contributed by atoms with E-state index in [1.807, 2.05) is 12.1 Å². The van der Waals surface area contributed by atoms with Crippen LogP contribution in [0.2, 0.25) is 5.02 Å². The molecule has 1 amide bonds. The highest BCUT2D eigenvalue weighted by atomic mass is 35.5. The first-order valence-electron chi connectivity index (χ1n) is 6.19. The lowest BCUT2D eigenvalue weighted by Crippen LogP contribution is -2.22. The average Bonchev–Trinajstić information content (AvgIpc) is 2.45. The largest absolute Gasteiger partial charge is 0.348 e. The van der Waals surface area contributed by atoms with Gasteiger partial charge in [-0.1, -0.05) is 23.7 Å². The first-order chi connectivity index (χ1) is 9.86. The first-order valence-corrected chi connectivity index (χ1v) is 8.46. The summed E-state index contributed by atoms with van der Waals surface area (Å²) in [4.78, 5) is 12.2. The van der Waals surface area contributed by atoms with E-state index in [1.54, 1.807) is 12.1 Å². The van der Waals surface area contributed by atoms with Gasteiger partial charge in [0.15, 0.2) is 9.84 Å². The first kappa shape index (κ1) is 15.5. The van der Waals surface area contributed by atoms with E-state index in [2.05, 4.69) is 5.32 Å². The van der Waals surface area contributed by atoms with Crippen LogP contribution in [0.1, 0.15) is 15.9 Å². The van der Waals surface area contributed by atoms with E-state index >= 15 is 0 Å². The molecule has 6 heteroatoms. The lowest BCUT2D eigenvalue weighted by atomic mass is 10.2. The van der Waals surface area contributed by atoms with Gasteiger partial charge in [0.05, 0.1) is 4.90 Å². The second kappa shape index (κ2) is 6.28. The predicted octanol–water partition coefficient (Wildman–Crippen LogP) is 2.67. The number of hydrogen-bond acceptors (Lipinski definition) is 3. The number of sulfone groups is 1. The van der Waals surface area contributed by atoms with Gasteiger partial charge in [-0.2, -0.15) is 0 Å². The third-order valence-electron chi connectivity index (χ3n) is 2.91. The molecule has 0 saturated heterocycles. The van der Waals surface area contributed by atoms with Crippen LogP contribution in [0.4, 0.5) is 0 Å². The van der Waals surface area contributed by atoms with E-state index in [0.717, 1.165) is 11.8 Å². The Bertz CT molecular complexity index is 737. The van der Waals surface area contributed by atoms with Crippen molar-refractivity contribution in [1.29, 1.82) is 0 Å². The topological polar surface area (TPSA) is 63.2 Å². The van der Waals surface area contributed by atoms with Gasteiger partial charge >= 0.3 is 0 Å². The van der Waals surface area contributed by atoms with Crippen LogP contribution in [0.15, 0.2) is 53.4 Å². The summed E-state index contributed by atoms with van der Waals surface area (Å²) in [6, 6.07) is 13.0. The van der Waals surface area contributed by atoms with Crippen molar-refractivity contribution < 1.29 is 13.2 Å². The lowest BCUT2D eigenvalue weighted by molar-refractivity contribution is 0.0951. The molecule has 21 heavy (non-hydrogen) atoms. The Morgan fingerprint density at radius 2 is 1.62 bits per heavy atom. The van der Waals surface area contributed by atoms with Gasteiger partial charge in [0, 0.05) is 23.4 Å². The summed E-state index contributed by atoms with van der Waals surface area (Å²) in [6.07, 6.45) is 1.13. The fourth-order valence-corrected chi connectivity index (χ4v) is 2.50. The minimum atomic E-state index is -3.25. The highest BCUT2D eigenvalue weighted by Gasteiger charge is 2.09. The molecule has 0 radical (unpaired) electrons. The molecule has 0 saturated carbocycles. The van der Waals surface area contributed by atoms with Crippen LogP contribution in [0.3, 0.4) is 0 Å². The molecule has 0 unspecified atom stereocenters. The molecule has 2 aromatic carbocycles. The van der Waals surface area contributed by atoms with E-state index < -0.39 is 9.84 Å². The third-order valence-corrected chi connectivity index (χ3v) is 4.29. The number of hydrogen-bond donors (Lipinski definition) is 1. The van der Waals surface area contributed by atoms with Gasteiger partial charge in [-0.25, -0.2) is 8.42 Å². The Hall–Kier alpha value is -1.85. The van der Waals surface area contributed by atoms with Gasteiger partial charge in [-0.3, -0.25) is 4.79 Å². The molecule has 0 spiro atoms. The zero-order valence-electron chi connectivity index (χ0n) is 11.3. The van der Waals surface area contributed by atoms with Gasteiger partial charge in [0.2, 0.25) is 0 Å². The highest BCUT2D eigenvalue weighted by Crippen LogP contribution is 2.11. The normalized spacial score (nSPS) is 11.1. The molecule has 110 valence electrons. The molecule has 0 heterocycles. The van der Waals surface area contributed by atoms with Crippen molar-refractivity contribution in [2.75, 3.05) is 6.26 Å². The van der Waals surface area contributed by atoms with Gasteiger partial charge in [0.1, 0.15) is 0 Å². The highest BCUT2D eigenvalue weighted by molar-refractivity contribution is 7.90. The van der Waals surface area contributed by atoms with Gasteiger partial charge in [-0.05, 0) is 42.0 Å². The smallest absolute Gasteiger partial charge is 0.251 e. The van der Waals surface area contributed by atoms with E-state index in [1.165, 1.54) is 24.3 Å². The van der Waals surface area contributed by atoms with Crippen LogP contribution in [0.25, 0.3) is 0 Å². The summed E-state index contributed by atoms with van der Waals surface area (Å²) in [5, 5.41) is 3.40. The molecule has 0 atom stereocenters. The molecule has 0 bridgehead atoms. The molecule has 0 aliphatic carbocycles. The third kappa shape index (κ3) is 4.31. The van der Waals surface area contributed by atoms with Gasteiger partial charge in [-0.15, -0.1) is 0 Å². The second-order valence-electron chi connectivity index (χ2n) is 4.61. The minimum absolute atomic E-state index is 0.191. The SMILES string of the molecule is CS(=O)(=O)c1ccc(C(=O)NCc2ccc(Cl)cc2)cc1. The van der Waals surface area contributed by atoms with Crippen molar-refractivity contribution in [3.05, 3.63) is 64.7 Å². The van der Waals surface area contributed by atoms with Crippen molar-refractivity contribution >= 4 is 27.3 Å². The predicted molar refractivity (Wildman–Crippen MR) is 82.2 cm³/mol. The summed E-state index contributed by atoms with van der Waals surface area (Å²) in [5.41, 5.74) is 1.34. The monoisotopic (exact) mass is 323 g/mol. The van der Waals surface area contributed by atoms with Crippen molar-refractivity contribution in [2.45, 2.75) is 11.4 Å². The van der Waals surface area contributed by atoms with E-state index in [4.69, 9.17) is 11.6 Å². The summed E-state index contributed by atoms with van der Waals surface area (Å²) in [6.45, 7) is 0.379. The quantitative estimate of drug-likeness (QED) is 0.941. The molecule has 0 aliphatic heterocycles. The Kier molecular flexibility index (Phi) is 4.65. The fraction of sp³-hybridized carbons (Fsp3) is 0.133. The fourth-order valence-electron chi connectivity index (χ4n) is 1.74. The van der Waals surface area contributed by atoms with Crippen molar-refractivity contribution in [3.8, 4) is 0 Å². The summed E-state index contributed by atoms with van der Waals surface area (Å²) >= 11 is 5.79. The number of benzene rings is 2. The minimum Gasteiger partial charge on any atom is -0.348 e. The zero-order chi connectivity index (χ0) is 15.5. The number of amides is 1. The van der Waals surface area contributed by atoms with Crippen LogP contribution in [0, 0.1) is 0 Å². The van der Waals surface area contributed by atoms with Crippen LogP contribution in [0.5, 0.6) is 0 Å². The van der Waals surface area contributed by atoms with Crippen molar-refractivity contribution in [1.82, 2.24) is 5.32 Å². The Labute approximate surface area is 128 Å². The van der Waals surface area contributed by atoms with E-state index in [9.17, 15) is 13.2 Å². The van der Waals surface area contributed by atoms with Crippen LogP contribution >= 0.6 is 11.6 Å². The van der Waals surface area contributed by atoms with Crippen molar-refractivity contribution in [3.63, 3.8) is 0 Å². The molecule has 0 aliphatic rings. The zero-order valence-corrected chi connectivity index (χ0v) is 12.9. The van der Waals surface area contributed by atoms with E-state index in [0.29, 0.717) is 17.1 Å². The summed E-state index contributed by atoms with van der Waals surface area (Å²) in [5.74, 6) is -0.259. The number of halogens is 1. The standard InChI is InChI=1S/C15H14ClNO3S/c1-21(19,20)14-8-4-12(5-9-14)15(18)17-10-11-2-6-13(16)7-3-11/h2-9H,10H2,1H3,(H,17,18). The van der Waals surface area contributed by atoms with Gasteiger partial charge in [0.25, 0.3) is 5.91 Å². The summed E-state index contributed by atoms with van der Waals surface area (Å²) in [7, 11) is -3.25. The number of nitrogens with one attached hydrogen (secondary N) is 1. The second-order valence-corrected chi connectivity index (χ2v) is 7.06. The molecular weight excluding hydrogens is 310 g/mol. The van der Waals surface area contributed by atoms with Crippen molar-refractivity contribution in [2.24, 2.45) is 0 Å². The molecule has 0 aromatic heterocycles. The molecule has 0 fully saturated rings. The number of carbonyl (C=O) groups is 1. The maximum atomic E-state index is 12.0.